The Bertz CT molecular complexity index is 618. The highest BCUT2D eigenvalue weighted by Gasteiger charge is 2.39. The van der Waals surface area contributed by atoms with Crippen molar-refractivity contribution >= 4 is 10.9 Å². The number of benzene rings is 1. The molecule has 0 saturated carbocycles. The number of nitrogens with zero attached hydrogens (tertiary/aromatic N) is 1. The molecule has 3 heteroatoms. The zero-order valence-electron chi connectivity index (χ0n) is 12.1. The summed E-state index contributed by atoms with van der Waals surface area (Å²) in [7, 11) is 0. The summed E-state index contributed by atoms with van der Waals surface area (Å²) in [6.45, 7) is 4.70. The van der Waals surface area contributed by atoms with Gasteiger partial charge in [0.25, 0.3) is 0 Å². The first kappa shape index (κ1) is 13.5. The van der Waals surface area contributed by atoms with Gasteiger partial charge >= 0.3 is 0 Å². The smallest absolute Gasteiger partial charge is 0.0737 e. The van der Waals surface area contributed by atoms with E-state index in [1.807, 2.05) is 44.3 Å². The quantitative estimate of drug-likeness (QED) is 0.912. The highest BCUT2D eigenvalue weighted by Crippen LogP contribution is 2.35. The molecule has 1 aliphatic rings. The molecule has 2 aromatic rings. The van der Waals surface area contributed by atoms with Crippen LogP contribution < -0.4 is 0 Å². The van der Waals surface area contributed by atoms with Crippen LogP contribution in [0.25, 0.3) is 10.9 Å². The average Bonchev–Trinajstić information content (AvgIpc) is 2.37. The second-order valence-corrected chi connectivity index (χ2v) is 6.42. The third kappa shape index (κ3) is 2.69. The number of fused-ring (bicyclic) bond motifs is 1. The monoisotopic (exact) mass is 271 g/mol. The first-order valence-corrected chi connectivity index (χ1v) is 7.17. The second kappa shape index (κ2) is 4.83. The Balaban J connectivity index is 1.93. The molecule has 1 aromatic carbocycles. The molecule has 3 nitrogen and oxygen atoms in total. The molecule has 1 aromatic heterocycles. The molecule has 106 valence electrons. The highest BCUT2D eigenvalue weighted by atomic mass is 16.5. The van der Waals surface area contributed by atoms with Crippen LogP contribution in [0.4, 0.5) is 0 Å². The van der Waals surface area contributed by atoms with E-state index in [1.54, 1.807) is 0 Å². The van der Waals surface area contributed by atoms with Crippen molar-refractivity contribution in [2.45, 2.75) is 44.3 Å². The standard InChI is InChI=1S/C17H21NO2/c1-16(2)12-17(19,8-10-20-16)11-13-7-9-18-15-6-4-3-5-14(13)15/h3-7,9,19H,8,10-12H2,1-2H3. The zero-order valence-corrected chi connectivity index (χ0v) is 12.1. The molecule has 0 bridgehead atoms. The summed E-state index contributed by atoms with van der Waals surface area (Å²) in [5.41, 5.74) is 1.21. The molecular formula is C17H21NO2. The number of pyridine rings is 1. The third-order valence-corrected chi connectivity index (χ3v) is 4.07. The predicted molar refractivity (Wildman–Crippen MR) is 79.7 cm³/mol. The Labute approximate surface area is 119 Å². The topological polar surface area (TPSA) is 42.4 Å². The van der Waals surface area contributed by atoms with Gasteiger partial charge in [-0.15, -0.1) is 0 Å². The third-order valence-electron chi connectivity index (χ3n) is 4.07. The maximum atomic E-state index is 10.9. The Hall–Kier alpha value is -1.45. The van der Waals surface area contributed by atoms with Crippen molar-refractivity contribution in [3.05, 3.63) is 42.1 Å². The lowest BCUT2D eigenvalue weighted by Gasteiger charge is -2.41. The van der Waals surface area contributed by atoms with Crippen LogP contribution >= 0.6 is 0 Å². The molecule has 3 rings (SSSR count). The van der Waals surface area contributed by atoms with Crippen molar-refractivity contribution in [2.75, 3.05) is 6.61 Å². The fourth-order valence-corrected chi connectivity index (χ4v) is 3.26. The predicted octanol–water partition coefficient (Wildman–Crippen LogP) is 3.10. The van der Waals surface area contributed by atoms with Crippen LogP contribution in [0.1, 0.15) is 32.3 Å². The minimum absolute atomic E-state index is 0.254. The van der Waals surface area contributed by atoms with E-state index in [9.17, 15) is 5.11 Å². The Morgan fingerprint density at radius 2 is 2.05 bits per heavy atom. The Morgan fingerprint density at radius 3 is 2.85 bits per heavy atom. The van der Waals surface area contributed by atoms with Crippen molar-refractivity contribution in [1.29, 1.82) is 0 Å². The molecule has 1 unspecified atom stereocenters. The maximum absolute atomic E-state index is 10.9. The Morgan fingerprint density at radius 1 is 1.25 bits per heavy atom. The van der Waals surface area contributed by atoms with Gasteiger partial charge in [-0.3, -0.25) is 4.98 Å². The van der Waals surface area contributed by atoms with Crippen molar-refractivity contribution in [1.82, 2.24) is 4.98 Å². The van der Waals surface area contributed by atoms with Crippen molar-refractivity contribution in [3.8, 4) is 0 Å². The van der Waals surface area contributed by atoms with E-state index >= 15 is 0 Å². The molecule has 20 heavy (non-hydrogen) atoms. The van der Waals surface area contributed by atoms with Gasteiger partial charge in [-0.05, 0) is 38.0 Å². The van der Waals surface area contributed by atoms with Gasteiger partial charge in [0.15, 0.2) is 0 Å². The summed E-state index contributed by atoms with van der Waals surface area (Å²) < 4.78 is 5.71. The van der Waals surface area contributed by atoms with Crippen molar-refractivity contribution < 1.29 is 9.84 Å². The molecule has 1 atom stereocenters. The largest absolute Gasteiger partial charge is 0.389 e. The first-order valence-electron chi connectivity index (χ1n) is 7.17. The van der Waals surface area contributed by atoms with Gasteiger partial charge in [0.1, 0.15) is 0 Å². The van der Waals surface area contributed by atoms with Gasteiger partial charge in [-0.1, -0.05) is 18.2 Å². The SMILES string of the molecule is CC1(C)CC(O)(Cc2ccnc3ccccc23)CCO1. The number of hydrogen-bond acceptors (Lipinski definition) is 3. The minimum atomic E-state index is -0.689. The lowest BCUT2D eigenvalue weighted by atomic mass is 9.80. The number of aromatic nitrogens is 1. The zero-order chi connectivity index (χ0) is 14.2. The second-order valence-electron chi connectivity index (χ2n) is 6.42. The van der Waals surface area contributed by atoms with E-state index in [4.69, 9.17) is 4.74 Å². The van der Waals surface area contributed by atoms with Crippen molar-refractivity contribution in [2.24, 2.45) is 0 Å². The number of aliphatic hydroxyl groups is 1. The molecule has 1 fully saturated rings. The molecule has 1 saturated heterocycles. The van der Waals surface area contributed by atoms with Crippen LogP contribution in [-0.4, -0.2) is 27.9 Å². The molecule has 0 aliphatic carbocycles. The summed E-state index contributed by atoms with van der Waals surface area (Å²) in [6, 6.07) is 10.1. The van der Waals surface area contributed by atoms with E-state index < -0.39 is 5.60 Å². The van der Waals surface area contributed by atoms with E-state index in [2.05, 4.69) is 11.1 Å². The van der Waals surface area contributed by atoms with Crippen LogP contribution in [0.2, 0.25) is 0 Å². The van der Waals surface area contributed by atoms with E-state index in [0.717, 1.165) is 16.5 Å². The molecule has 1 aliphatic heterocycles. The van der Waals surface area contributed by atoms with Crippen LogP contribution in [0.15, 0.2) is 36.5 Å². The number of rotatable bonds is 2. The summed E-state index contributed by atoms with van der Waals surface area (Å²) in [4.78, 5) is 4.38. The lowest BCUT2D eigenvalue weighted by Crippen LogP contribution is -2.47. The summed E-state index contributed by atoms with van der Waals surface area (Å²) in [5, 5.41) is 12.1. The molecule has 2 heterocycles. The number of para-hydroxylation sites is 1. The molecule has 0 amide bonds. The van der Waals surface area contributed by atoms with Gasteiger partial charge in [0, 0.05) is 24.4 Å². The van der Waals surface area contributed by atoms with Crippen LogP contribution in [0.5, 0.6) is 0 Å². The number of hydrogen-bond donors (Lipinski definition) is 1. The van der Waals surface area contributed by atoms with Crippen LogP contribution in [0, 0.1) is 0 Å². The van der Waals surface area contributed by atoms with Gasteiger partial charge in [0.05, 0.1) is 23.3 Å². The summed E-state index contributed by atoms with van der Waals surface area (Å²) in [6.07, 6.45) is 3.83. The van der Waals surface area contributed by atoms with E-state index in [-0.39, 0.29) is 5.60 Å². The normalized spacial score (nSPS) is 25.8. The molecular weight excluding hydrogens is 250 g/mol. The van der Waals surface area contributed by atoms with Gasteiger partial charge in [0.2, 0.25) is 0 Å². The summed E-state index contributed by atoms with van der Waals surface area (Å²) in [5.74, 6) is 0. The fraction of sp³-hybridized carbons (Fsp3) is 0.471. The fourth-order valence-electron chi connectivity index (χ4n) is 3.26. The van der Waals surface area contributed by atoms with E-state index in [1.165, 1.54) is 0 Å². The van der Waals surface area contributed by atoms with Crippen LogP contribution in [0.3, 0.4) is 0 Å². The van der Waals surface area contributed by atoms with Gasteiger partial charge in [-0.2, -0.15) is 0 Å². The maximum Gasteiger partial charge on any atom is 0.0737 e. The lowest BCUT2D eigenvalue weighted by molar-refractivity contribution is -0.143. The van der Waals surface area contributed by atoms with Gasteiger partial charge in [-0.25, -0.2) is 0 Å². The number of ether oxygens (including phenoxy) is 1. The molecule has 0 radical (unpaired) electrons. The molecule has 0 spiro atoms. The van der Waals surface area contributed by atoms with E-state index in [0.29, 0.717) is 25.9 Å². The molecule has 1 N–H and O–H groups in total. The minimum Gasteiger partial charge on any atom is -0.389 e. The first-order chi connectivity index (χ1) is 9.48. The summed E-state index contributed by atoms with van der Waals surface area (Å²) >= 11 is 0. The Kier molecular flexibility index (Phi) is 3.27. The van der Waals surface area contributed by atoms with Gasteiger partial charge < -0.3 is 9.84 Å². The van der Waals surface area contributed by atoms with Crippen molar-refractivity contribution in [3.63, 3.8) is 0 Å². The highest BCUT2D eigenvalue weighted by molar-refractivity contribution is 5.81. The average molecular weight is 271 g/mol. The van der Waals surface area contributed by atoms with Crippen LogP contribution in [-0.2, 0) is 11.2 Å².